The Bertz CT molecular complexity index is 543. The fraction of sp³-hybridized carbons (Fsp3) is 0.556. The summed E-state index contributed by atoms with van der Waals surface area (Å²) in [6, 6.07) is 8.77. The number of fused-ring (bicyclic) bond motifs is 1. The Kier molecular flexibility index (Phi) is 5.22. The second-order valence-electron chi connectivity index (χ2n) is 6.62. The van der Waals surface area contributed by atoms with Crippen LogP contribution in [-0.4, -0.2) is 13.1 Å². The van der Waals surface area contributed by atoms with Crippen LogP contribution in [0.2, 0.25) is 0 Å². The van der Waals surface area contributed by atoms with E-state index in [-0.39, 0.29) is 0 Å². The molecule has 2 heteroatoms. The summed E-state index contributed by atoms with van der Waals surface area (Å²) in [5, 5.41) is 7.43. The van der Waals surface area contributed by atoms with Gasteiger partial charge < -0.3 is 5.32 Å². The van der Waals surface area contributed by atoms with Gasteiger partial charge in [-0.25, -0.2) is 0 Å². The first kappa shape index (κ1) is 15.5. The third-order valence-electron chi connectivity index (χ3n) is 4.14. The third-order valence-corrected chi connectivity index (χ3v) is 5.15. The number of benzene rings is 1. The summed E-state index contributed by atoms with van der Waals surface area (Å²) in [4.78, 5) is 0. The predicted molar refractivity (Wildman–Crippen MR) is 91.6 cm³/mol. The number of rotatable bonds is 7. The molecule has 0 amide bonds. The predicted octanol–water partition coefficient (Wildman–Crippen LogP) is 5.11. The molecular formula is C18H27NS. The molecule has 1 unspecified atom stereocenters. The van der Waals surface area contributed by atoms with Gasteiger partial charge in [0.1, 0.15) is 0 Å². The molecule has 1 N–H and O–H groups in total. The van der Waals surface area contributed by atoms with Crippen molar-refractivity contribution in [3.05, 3.63) is 35.2 Å². The van der Waals surface area contributed by atoms with E-state index in [1.807, 2.05) is 11.3 Å². The highest BCUT2D eigenvalue weighted by molar-refractivity contribution is 7.17. The van der Waals surface area contributed by atoms with Gasteiger partial charge in [0.05, 0.1) is 0 Å². The van der Waals surface area contributed by atoms with E-state index in [4.69, 9.17) is 0 Å². The van der Waals surface area contributed by atoms with Crippen molar-refractivity contribution in [3.8, 4) is 0 Å². The molecule has 2 rings (SSSR count). The van der Waals surface area contributed by atoms with Gasteiger partial charge >= 0.3 is 0 Å². The maximum Gasteiger partial charge on any atom is 0.0345 e. The standard InChI is InChI=1S/C18H27NS/c1-5-18(4,13-19-11-14(2)3)10-15-12-20-17-9-7-6-8-16(15)17/h6-9,12,14,19H,5,10-11,13H2,1-4H3. The molecule has 0 saturated carbocycles. The van der Waals surface area contributed by atoms with Gasteiger partial charge in [0.25, 0.3) is 0 Å². The van der Waals surface area contributed by atoms with Crippen molar-refractivity contribution in [3.63, 3.8) is 0 Å². The van der Waals surface area contributed by atoms with Gasteiger partial charge in [0.15, 0.2) is 0 Å². The Morgan fingerprint density at radius 2 is 2.00 bits per heavy atom. The molecule has 1 aromatic heterocycles. The van der Waals surface area contributed by atoms with Crippen molar-refractivity contribution in [2.75, 3.05) is 13.1 Å². The Morgan fingerprint density at radius 3 is 2.70 bits per heavy atom. The summed E-state index contributed by atoms with van der Waals surface area (Å²) in [7, 11) is 0. The lowest BCUT2D eigenvalue weighted by Crippen LogP contribution is -2.35. The van der Waals surface area contributed by atoms with E-state index < -0.39 is 0 Å². The van der Waals surface area contributed by atoms with E-state index in [1.54, 1.807) is 0 Å². The molecular weight excluding hydrogens is 262 g/mol. The maximum atomic E-state index is 3.64. The first-order valence-corrected chi connectivity index (χ1v) is 8.58. The van der Waals surface area contributed by atoms with Crippen LogP contribution in [0.1, 0.15) is 39.7 Å². The summed E-state index contributed by atoms with van der Waals surface area (Å²) < 4.78 is 1.41. The lowest BCUT2D eigenvalue weighted by atomic mass is 9.81. The smallest absolute Gasteiger partial charge is 0.0345 e. The van der Waals surface area contributed by atoms with Crippen LogP contribution in [0.5, 0.6) is 0 Å². The van der Waals surface area contributed by atoms with E-state index >= 15 is 0 Å². The summed E-state index contributed by atoms with van der Waals surface area (Å²) in [6.45, 7) is 11.5. The SMILES string of the molecule is CCC(C)(CNCC(C)C)Cc1csc2ccccc12. The minimum Gasteiger partial charge on any atom is -0.316 e. The van der Waals surface area contributed by atoms with Crippen molar-refractivity contribution in [1.82, 2.24) is 5.32 Å². The monoisotopic (exact) mass is 289 g/mol. The van der Waals surface area contributed by atoms with E-state index in [0.717, 1.165) is 19.0 Å². The molecule has 0 saturated heterocycles. The van der Waals surface area contributed by atoms with Crippen LogP contribution in [0.15, 0.2) is 29.6 Å². The number of hydrogen-bond acceptors (Lipinski definition) is 2. The number of thiophene rings is 1. The molecule has 0 aliphatic rings. The van der Waals surface area contributed by atoms with Crippen LogP contribution < -0.4 is 5.32 Å². The van der Waals surface area contributed by atoms with Gasteiger partial charge in [0, 0.05) is 11.2 Å². The molecule has 2 aromatic rings. The van der Waals surface area contributed by atoms with Crippen molar-refractivity contribution in [2.24, 2.45) is 11.3 Å². The maximum absolute atomic E-state index is 3.64. The van der Waals surface area contributed by atoms with Crippen LogP contribution in [-0.2, 0) is 6.42 Å². The molecule has 0 aliphatic carbocycles. The lowest BCUT2D eigenvalue weighted by Gasteiger charge is -2.29. The second kappa shape index (κ2) is 6.73. The Morgan fingerprint density at radius 1 is 1.25 bits per heavy atom. The Balaban J connectivity index is 2.08. The zero-order valence-electron chi connectivity index (χ0n) is 13.2. The van der Waals surface area contributed by atoms with Gasteiger partial charge in [-0.3, -0.25) is 0 Å². The molecule has 110 valence electrons. The fourth-order valence-corrected chi connectivity index (χ4v) is 3.57. The summed E-state index contributed by atoms with van der Waals surface area (Å²) >= 11 is 1.87. The first-order chi connectivity index (χ1) is 9.54. The lowest BCUT2D eigenvalue weighted by molar-refractivity contribution is 0.286. The van der Waals surface area contributed by atoms with Gasteiger partial charge in [-0.2, -0.15) is 0 Å². The van der Waals surface area contributed by atoms with Crippen molar-refractivity contribution < 1.29 is 0 Å². The highest BCUT2D eigenvalue weighted by Crippen LogP contribution is 2.33. The van der Waals surface area contributed by atoms with Crippen LogP contribution in [0.3, 0.4) is 0 Å². The normalized spacial score (nSPS) is 14.8. The molecule has 1 heterocycles. The zero-order chi connectivity index (χ0) is 14.6. The summed E-state index contributed by atoms with van der Waals surface area (Å²) in [6.07, 6.45) is 2.38. The number of hydrogen-bond donors (Lipinski definition) is 1. The molecule has 0 spiro atoms. The molecule has 1 nitrogen and oxygen atoms in total. The highest BCUT2D eigenvalue weighted by Gasteiger charge is 2.23. The largest absolute Gasteiger partial charge is 0.316 e. The number of nitrogens with one attached hydrogen (secondary N) is 1. The van der Waals surface area contributed by atoms with Crippen LogP contribution in [0, 0.1) is 11.3 Å². The zero-order valence-corrected chi connectivity index (χ0v) is 14.0. The fourth-order valence-electron chi connectivity index (χ4n) is 2.60. The molecule has 0 radical (unpaired) electrons. The van der Waals surface area contributed by atoms with Crippen molar-refractivity contribution in [2.45, 2.75) is 40.5 Å². The molecule has 20 heavy (non-hydrogen) atoms. The highest BCUT2D eigenvalue weighted by atomic mass is 32.1. The van der Waals surface area contributed by atoms with Gasteiger partial charge in [-0.05, 0) is 53.1 Å². The average molecular weight is 289 g/mol. The third kappa shape index (κ3) is 3.83. The minimum absolute atomic E-state index is 0.346. The quantitative estimate of drug-likeness (QED) is 0.747. The molecule has 0 aliphatic heterocycles. The van der Waals surface area contributed by atoms with Crippen molar-refractivity contribution >= 4 is 21.4 Å². The van der Waals surface area contributed by atoms with E-state index in [2.05, 4.69) is 62.7 Å². The van der Waals surface area contributed by atoms with Gasteiger partial charge in [-0.1, -0.05) is 45.9 Å². The molecule has 1 atom stereocenters. The van der Waals surface area contributed by atoms with E-state index in [1.165, 1.54) is 28.5 Å². The first-order valence-electron chi connectivity index (χ1n) is 7.70. The molecule has 0 fully saturated rings. The molecule has 0 bridgehead atoms. The van der Waals surface area contributed by atoms with E-state index in [9.17, 15) is 0 Å². The Labute approximate surface area is 127 Å². The topological polar surface area (TPSA) is 12.0 Å². The van der Waals surface area contributed by atoms with Crippen molar-refractivity contribution in [1.29, 1.82) is 0 Å². The summed E-state index contributed by atoms with van der Waals surface area (Å²) in [5.41, 5.74) is 1.86. The van der Waals surface area contributed by atoms with Crippen LogP contribution >= 0.6 is 11.3 Å². The van der Waals surface area contributed by atoms with Crippen LogP contribution in [0.25, 0.3) is 10.1 Å². The van der Waals surface area contributed by atoms with Gasteiger partial charge in [0.2, 0.25) is 0 Å². The second-order valence-corrected chi connectivity index (χ2v) is 7.53. The Hall–Kier alpha value is -0.860. The average Bonchev–Trinajstić information content (AvgIpc) is 2.82. The summed E-state index contributed by atoms with van der Waals surface area (Å²) in [5.74, 6) is 0.720. The minimum atomic E-state index is 0.346. The molecule has 1 aromatic carbocycles. The van der Waals surface area contributed by atoms with Gasteiger partial charge in [-0.15, -0.1) is 11.3 Å². The van der Waals surface area contributed by atoms with Crippen LogP contribution in [0.4, 0.5) is 0 Å². The van der Waals surface area contributed by atoms with E-state index in [0.29, 0.717) is 5.41 Å².